The minimum atomic E-state index is -0.00801. The molecule has 0 spiro atoms. The second-order valence-corrected chi connectivity index (χ2v) is 6.98. The molecule has 0 aromatic heterocycles. The predicted octanol–water partition coefficient (Wildman–Crippen LogP) is 3.00. The van der Waals surface area contributed by atoms with Gasteiger partial charge in [0.05, 0.1) is 12.2 Å². The Balaban J connectivity index is 2.94. The van der Waals surface area contributed by atoms with E-state index in [0.29, 0.717) is 5.92 Å². The van der Waals surface area contributed by atoms with Gasteiger partial charge in [0.25, 0.3) is 0 Å². The lowest BCUT2D eigenvalue weighted by Gasteiger charge is -2.38. The molecule has 3 heteroatoms. The van der Waals surface area contributed by atoms with Crippen molar-refractivity contribution in [2.75, 3.05) is 0 Å². The summed E-state index contributed by atoms with van der Waals surface area (Å²) < 4.78 is 0. The van der Waals surface area contributed by atoms with E-state index in [1.807, 2.05) is 0 Å². The molecule has 1 fully saturated rings. The summed E-state index contributed by atoms with van der Waals surface area (Å²) in [5.41, 5.74) is 0.120. The highest BCUT2D eigenvalue weighted by Crippen LogP contribution is 2.30. The van der Waals surface area contributed by atoms with Crippen molar-refractivity contribution in [1.82, 2.24) is 10.2 Å². The minimum absolute atomic E-state index is 0.00801. The van der Waals surface area contributed by atoms with Gasteiger partial charge in [-0.25, -0.2) is 0 Å². The molecule has 1 rings (SSSR count). The number of carbonyl (C=O) groups is 1. The first-order valence-electron chi connectivity index (χ1n) is 7.28. The van der Waals surface area contributed by atoms with Crippen LogP contribution in [0.1, 0.15) is 61.3 Å². The first-order chi connectivity index (χ1) is 8.20. The van der Waals surface area contributed by atoms with Gasteiger partial charge < -0.3 is 4.90 Å². The van der Waals surface area contributed by atoms with Crippen LogP contribution in [-0.2, 0) is 4.79 Å². The number of amides is 1. The summed E-state index contributed by atoms with van der Waals surface area (Å²) in [7, 11) is 0. The fraction of sp³-hybridized carbons (Fsp3) is 0.933. The van der Waals surface area contributed by atoms with Crippen LogP contribution in [0.5, 0.6) is 0 Å². The average molecular weight is 254 g/mol. The largest absolute Gasteiger partial charge is 0.323 e. The highest BCUT2D eigenvalue weighted by molar-refractivity contribution is 5.85. The molecule has 1 aliphatic rings. The summed E-state index contributed by atoms with van der Waals surface area (Å²) >= 11 is 0. The molecule has 1 saturated heterocycles. The van der Waals surface area contributed by atoms with E-state index in [-0.39, 0.29) is 29.6 Å². The third-order valence-electron chi connectivity index (χ3n) is 4.13. The summed E-state index contributed by atoms with van der Waals surface area (Å²) in [5, 5.41) is 3.52. The predicted molar refractivity (Wildman–Crippen MR) is 76.2 cm³/mol. The van der Waals surface area contributed by atoms with Crippen LogP contribution < -0.4 is 5.32 Å². The summed E-state index contributed by atoms with van der Waals surface area (Å²) in [6, 6.07) is 0.254. The minimum Gasteiger partial charge on any atom is -0.323 e. The van der Waals surface area contributed by atoms with Gasteiger partial charge in [-0.05, 0) is 24.7 Å². The summed E-state index contributed by atoms with van der Waals surface area (Å²) in [6.07, 6.45) is 2.35. The molecule has 3 unspecified atom stereocenters. The summed E-state index contributed by atoms with van der Waals surface area (Å²) in [4.78, 5) is 14.7. The average Bonchev–Trinajstić information content (AvgIpc) is 2.54. The Bertz CT molecular complexity index is 293. The number of hydrogen-bond donors (Lipinski definition) is 1. The van der Waals surface area contributed by atoms with Gasteiger partial charge in [-0.3, -0.25) is 10.1 Å². The smallest absolute Gasteiger partial charge is 0.241 e. The maximum atomic E-state index is 12.6. The number of carbonyl (C=O) groups excluding carboxylic acids is 1. The van der Waals surface area contributed by atoms with Gasteiger partial charge >= 0.3 is 0 Å². The lowest BCUT2D eigenvalue weighted by Crippen LogP contribution is -2.48. The quantitative estimate of drug-likeness (QED) is 0.836. The van der Waals surface area contributed by atoms with Crippen LogP contribution in [0.25, 0.3) is 0 Å². The zero-order chi connectivity index (χ0) is 14.1. The normalized spacial score (nSPS) is 27.1. The molecular weight excluding hydrogens is 224 g/mol. The number of nitrogens with one attached hydrogen (secondary N) is 1. The van der Waals surface area contributed by atoms with Gasteiger partial charge in [-0.15, -0.1) is 0 Å². The van der Waals surface area contributed by atoms with Gasteiger partial charge in [0, 0.05) is 6.04 Å². The number of hydrogen-bond acceptors (Lipinski definition) is 2. The van der Waals surface area contributed by atoms with E-state index in [2.05, 4.69) is 58.7 Å². The molecule has 18 heavy (non-hydrogen) atoms. The van der Waals surface area contributed by atoms with E-state index in [1.54, 1.807) is 0 Å². The molecule has 1 aliphatic heterocycles. The van der Waals surface area contributed by atoms with Crippen LogP contribution in [0, 0.1) is 11.3 Å². The summed E-state index contributed by atoms with van der Waals surface area (Å²) in [5.74, 6) is 0.639. The van der Waals surface area contributed by atoms with Crippen molar-refractivity contribution in [2.45, 2.75) is 79.6 Å². The highest BCUT2D eigenvalue weighted by Gasteiger charge is 2.44. The van der Waals surface area contributed by atoms with Crippen molar-refractivity contribution in [3.05, 3.63) is 0 Å². The zero-order valence-corrected chi connectivity index (χ0v) is 13.1. The fourth-order valence-corrected chi connectivity index (χ4v) is 2.52. The second kappa shape index (κ2) is 5.60. The molecule has 3 atom stereocenters. The van der Waals surface area contributed by atoms with E-state index in [1.165, 1.54) is 0 Å². The van der Waals surface area contributed by atoms with Crippen LogP contribution in [0.2, 0.25) is 0 Å². The molecule has 106 valence electrons. The molecule has 1 amide bonds. The van der Waals surface area contributed by atoms with E-state index in [0.717, 1.165) is 12.8 Å². The van der Waals surface area contributed by atoms with Crippen LogP contribution in [0.3, 0.4) is 0 Å². The van der Waals surface area contributed by atoms with Crippen molar-refractivity contribution >= 4 is 5.91 Å². The highest BCUT2D eigenvalue weighted by atomic mass is 16.2. The van der Waals surface area contributed by atoms with E-state index in [9.17, 15) is 4.79 Å². The van der Waals surface area contributed by atoms with E-state index >= 15 is 0 Å². The molecule has 0 aromatic rings. The Morgan fingerprint density at radius 1 is 1.28 bits per heavy atom. The second-order valence-electron chi connectivity index (χ2n) is 6.98. The molecule has 1 heterocycles. The van der Waals surface area contributed by atoms with Crippen LogP contribution in [-0.4, -0.2) is 29.1 Å². The Kier molecular flexibility index (Phi) is 4.82. The molecule has 0 aromatic carbocycles. The Morgan fingerprint density at radius 2 is 1.83 bits per heavy atom. The van der Waals surface area contributed by atoms with E-state index < -0.39 is 0 Å². The maximum Gasteiger partial charge on any atom is 0.241 e. The first kappa shape index (κ1) is 15.5. The SMILES string of the molecule is CCCC1NC(C(C)C)C(=O)N1C(C)C(C)(C)C. The monoisotopic (exact) mass is 254 g/mol. The lowest BCUT2D eigenvalue weighted by atomic mass is 9.86. The third-order valence-corrected chi connectivity index (χ3v) is 4.13. The van der Waals surface area contributed by atoms with Gasteiger partial charge in [0.15, 0.2) is 0 Å². The molecular formula is C15H30N2O. The van der Waals surface area contributed by atoms with Crippen molar-refractivity contribution in [1.29, 1.82) is 0 Å². The third kappa shape index (κ3) is 3.05. The van der Waals surface area contributed by atoms with Crippen LogP contribution >= 0.6 is 0 Å². The Labute approximate surface area is 112 Å². The first-order valence-corrected chi connectivity index (χ1v) is 7.28. The topological polar surface area (TPSA) is 32.3 Å². The molecule has 1 N–H and O–H groups in total. The Hall–Kier alpha value is -0.570. The molecule has 0 saturated carbocycles. The van der Waals surface area contributed by atoms with Gasteiger partial charge in [-0.1, -0.05) is 48.0 Å². The van der Waals surface area contributed by atoms with E-state index in [4.69, 9.17) is 0 Å². The lowest BCUT2D eigenvalue weighted by molar-refractivity contribution is -0.134. The van der Waals surface area contributed by atoms with Crippen molar-refractivity contribution < 1.29 is 4.79 Å². The van der Waals surface area contributed by atoms with Crippen molar-refractivity contribution in [2.24, 2.45) is 11.3 Å². The number of rotatable bonds is 4. The zero-order valence-electron chi connectivity index (χ0n) is 13.1. The fourth-order valence-electron chi connectivity index (χ4n) is 2.52. The Morgan fingerprint density at radius 3 is 2.22 bits per heavy atom. The molecule has 0 bridgehead atoms. The van der Waals surface area contributed by atoms with Crippen LogP contribution in [0.15, 0.2) is 0 Å². The standard InChI is InChI=1S/C15H30N2O/c1-8-9-12-16-13(10(2)3)14(18)17(12)11(4)15(5,6)7/h10-13,16H,8-9H2,1-7H3. The molecule has 0 radical (unpaired) electrons. The van der Waals surface area contributed by atoms with Crippen molar-refractivity contribution in [3.8, 4) is 0 Å². The molecule has 0 aliphatic carbocycles. The summed E-state index contributed by atoms with van der Waals surface area (Å²) in [6.45, 7) is 15.2. The van der Waals surface area contributed by atoms with Crippen molar-refractivity contribution in [3.63, 3.8) is 0 Å². The number of nitrogens with zero attached hydrogens (tertiary/aromatic N) is 1. The van der Waals surface area contributed by atoms with Gasteiger partial charge in [-0.2, -0.15) is 0 Å². The van der Waals surface area contributed by atoms with Gasteiger partial charge in [0.1, 0.15) is 0 Å². The maximum absolute atomic E-state index is 12.6. The van der Waals surface area contributed by atoms with Crippen LogP contribution in [0.4, 0.5) is 0 Å². The van der Waals surface area contributed by atoms with Gasteiger partial charge in [0.2, 0.25) is 5.91 Å². The molecule has 3 nitrogen and oxygen atoms in total.